The molecule has 0 spiro atoms. The highest BCUT2D eigenvalue weighted by Gasteiger charge is 2.23. The third kappa shape index (κ3) is 6.00. The Morgan fingerprint density at radius 3 is 2.76 bits per heavy atom. The molecule has 0 saturated heterocycles. The first kappa shape index (κ1) is 22.8. The first-order valence-corrected chi connectivity index (χ1v) is 10.4. The standard InChI is InChI=1S/C21H29FN4O2S/c1-7-28-19(27)17-13(2)25-18(29-17)14(3)26-20(23-6)24-12-21(4,5)15-9-8-10-16(22)11-15/h8-11,14H,7,12H2,1-6H3,(H2,23,24,26). The number of hydrogen-bond donors (Lipinski definition) is 2. The number of carbonyl (C=O) groups excluding carboxylic acids is 1. The topological polar surface area (TPSA) is 75.6 Å². The van der Waals surface area contributed by atoms with Gasteiger partial charge < -0.3 is 15.4 Å². The quantitative estimate of drug-likeness (QED) is 0.403. The Morgan fingerprint density at radius 1 is 1.41 bits per heavy atom. The van der Waals surface area contributed by atoms with Gasteiger partial charge in [0.1, 0.15) is 15.7 Å². The highest BCUT2D eigenvalue weighted by Crippen LogP contribution is 2.25. The lowest BCUT2D eigenvalue weighted by atomic mass is 9.84. The molecule has 1 aromatic carbocycles. The van der Waals surface area contributed by atoms with Gasteiger partial charge in [-0.25, -0.2) is 14.2 Å². The molecule has 0 aliphatic carbocycles. The molecule has 0 fully saturated rings. The van der Waals surface area contributed by atoms with Gasteiger partial charge in [-0.05, 0) is 38.5 Å². The fourth-order valence-corrected chi connectivity index (χ4v) is 3.73. The van der Waals surface area contributed by atoms with E-state index >= 15 is 0 Å². The second-order valence-electron chi connectivity index (χ2n) is 7.37. The van der Waals surface area contributed by atoms with Crippen LogP contribution in [0.5, 0.6) is 0 Å². The van der Waals surface area contributed by atoms with Crippen LogP contribution in [0.1, 0.15) is 59.7 Å². The van der Waals surface area contributed by atoms with Crippen molar-refractivity contribution in [3.63, 3.8) is 0 Å². The second kappa shape index (κ2) is 9.82. The SMILES string of the molecule is CCOC(=O)c1sc(C(C)NC(=NC)NCC(C)(C)c2cccc(F)c2)nc1C. The number of ether oxygens (including phenoxy) is 1. The molecule has 0 radical (unpaired) electrons. The van der Waals surface area contributed by atoms with Gasteiger partial charge in [-0.3, -0.25) is 4.99 Å². The van der Waals surface area contributed by atoms with E-state index in [1.165, 1.54) is 17.4 Å². The molecule has 1 atom stereocenters. The summed E-state index contributed by atoms with van der Waals surface area (Å²) >= 11 is 1.32. The number of nitrogens with zero attached hydrogens (tertiary/aromatic N) is 2. The van der Waals surface area contributed by atoms with Gasteiger partial charge in [-0.15, -0.1) is 11.3 Å². The molecule has 2 rings (SSSR count). The summed E-state index contributed by atoms with van der Waals surface area (Å²) in [5, 5.41) is 7.36. The van der Waals surface area contributed by atoms with Crippen LogP contribution in [0.3, 0.4) is 0 Å². The lowest BCUT2D eigenvalue weighted by Gasteiger charge is -2.27. The zero-order valence-corrected chi connectivity index (χ0v) is 18.6. The molecule has 2 N–H and O–H groups in total. The predicted octanol–water partition coefficient (Wildman–Crippen LogP) is 3.97. The molecule has 1 unspecified atom stereocenters. The first-order chi connectivity index (χ1) is 13.7. The van der Waals surface area contributed by atoms with Crippen molar-refractivity contribution in [3.05, 3.63) is 51.2 Å². The molecule has 158 valence electrons. The summed E-state index contributed by atoms with van der Waals surface area (Å²) < 4.78 is 18.6. The van der Waals surface area contributed by atoms with Crippen LogP contribution in [0.4, 0.5) is 4.39 Å². The largest absolute Gasteiger partial charge is 0.462 e. The molecule has 1 aromatic heterocycles. The Morgan fingerprint density at radius 2 is 2.14 bits per heavy atom. The summed E-state index contributed by atoms with van der Waals surface area (Å²) in [4.78, 5) is 21.3. The molecular weight excluding hydrogens is 391 g/mol. The molecule has 0 bridgehead atoms. The van der Waals surface area contributed by atoms with Crippen molar-refractivity contribution < 1.29 is 13.9 Å². The number of nitrogens with one attached hydrogen (secondary N) is 2. The number of aromatic nitrogens is 1. The number of halogens is 1. The van der Waals surface area contributed by atoms with Crippen molar-refractivity contribution in [2.75, 3.05) is 20.2 Å². The van der Waals surface area contributed by atoms with Gasteiger partial charge in [-0.2, -0.15) is 0 Å². The molecule has 8 heteroatoms. The number of carbonyl (C=O) groups is 1. The fourth-order valence-electron chi connectivity index (χ4n) is 2.77. The molecule has 0 amide bonds. The molecule has 0 aliphatic rings. The normalized spacial score (nSPS) is 13.1. The number of benzene rings is 1. The van der Waals surface area contributed by atoms with Gasteiger partial charge in [-0.1, -0.05) is 26.0 Å². The number of guanidine groups is 1. The monoisotopic (exact) mass is 420 g/mol. The van der Waals surface area contributed by atoms with Crippen molar-refractivity contribution in [3.8, 4) is 0 Å². The number of hydrogen-bond acceptors (Lipinski definition) is 5. The number of rotatable bonds is 7. The minimum Gasteiger partial charge on any atom is -0.462 e. The minimum atomic E-state index is -0.347. The van der Waals surface area contributed by atoms with Crippen molar-refractivity contribution in [2.45, 2.75) is 46.1 Å². The van der Waals surface area contributed by atoms with E-state index in [1.54, 1.807) is 33.0 Å². The molecule has 29 heavy (non-hydrogen) atoms. The van der Waals surface area contributed by atoms with Crippen molar-refractivity contribution in [2.24, 2.45) is 4.99 Å². The Bertz CT molecular complexity index is 879. The van der Waals surface area contributed by atoms with Crippen molar-refractivity contribution >= 4 is 23.3 Å². The van der Waals surface area contributed by atoms with E-state index in [1.807, 2.05) is 26.8 Å². The van der Waals surface area contributed by atoms with E-state index in [2.05, 4.69) is 20.6 Å². The van der Waals surface area contributed by atoms with E-state index in [4.69, 9.17) is 4.74 Å². The molecular formula is C21H29FN4O2S. The van der Waals surface area contributed by atoms with E-state index in [0.29, 0.717) is 29.7 Å². The Kier molecular flexibility index (Phi) is 7.73. The van der Waals surface area contributed by atoms with Gasteiger partial charge >= 0.3 is 5.97 Å². The van der Waals surface area contributed by atoms with E-state index in [-0.39, 0.29) is 23.2 Å². The number of thiazole rings is 1. The van der Waals surface area contributed by atoms with E-state index < -0.39 is 0 Å². The zero-order valence-electron chi connectivity index (χ0n) is 17.8. The highest BCUT2D eigenvalue weighted by atomic mass is 32.1. The highest BCUT2D eigenvalue weighted by molar-refractivity contribution is 7.13. The lowest BCUT2D eigenvalue weighted by molar-refractivity contribution is 0.0531. The van der Waals surface area contributed by atoms with Crippen LogP contribution in [-0.4, -0.2) is 37.1 Å². The second-order valence-corrected chi connectivity index (χ2v) is 8.40. The average Bonchev–Trinajstić information content (AvgIpc) is 3.07. The average molecular weight is 421 g/mol. The van der Waals surface area contributed by atoms with Gasteiger partial charge in [0.2, 0.25) is 0 Å². The van der Waals surface area contributed by atoms with Gasteiger partial charge in [0, 0.05) is 19.0 Å². The zero-order chi connectivity index (χ0) is 21.6. The third-order valence-electron chi connectivity index (χ3n) is 4.53. The van der Waals surface area contributed by atoms with Crippen LogP contribution in [0.15, 0.2) is 29.3 Å². The fraction of sp³-hybridized carbons (Fsp3) is 0.476. The first-order valence-electron chi connectivity index (χ1n) is 9.55. The summed E-state index contributed by atoms with van der Waals surface area (Å²) in [5.41, 5.74) is 1.27. The van der Waals surface area contributed by atoms with Crippen LogP contribution in [0.2, 0.25) is 0 Å². The maximum atomic E-state index is 13.6. The van der Waals surface area contributed by atoms with Gasteiger partial charge in [0.15, 0.2) is 5.96 Å². The van der Waals surface area contributed by atoms with Crippen LogP contribution in [0.25, 0.3) is 0 Å². The third-order valence-corrected chi connectivity index (χ3v) is 5.85. The van der Waals surface area contributed by atoms with Crippen LogP contribution >= 0.6 is 11.3 Å². The van der Waals surface area contributed by atoms with Crippen LogP contribution < -0.4 is 10.6 Å². The summed E-state index contributed by atoms with van der Waals surface area (Å²) in [6.07, 6.45) is 0. The van der Waals surface area contributed by atoms with Crippen LogP contribution in [0, 0.1) is 12.7 Å². The Hall–Kier alpha value is -2.48. The molecule has 2 aromatic rings. The maximum Gasteiger partial charge on any atom is 0.350 e. The van der Waals surface area contributed by atoms with Crippen LogP contribution in [-0.2, 0) is 10.2 Å². The molecule has 6 nitrogen and oxygen atoms in total. The van der Waals surface area contributed by atoms with E-state index in [0.717, 1.165) is 10.6 Å². The Balaban J connectivity index is 2.03. The molecule has 1 heterocycles. The Labute approximate surface area is 175 Å². The van der Waals surface area contributed by atoms with E-state index in [9.17, 15) is 9.18 Å². The lowest BCUT2D eigenvalue weighted by Crippen LogP contribution is -2.44. The molecule has 0 aliphatic heterocycles. The molecule has 0 saturated carbocycles. The summed E-state index contributed by atoms with van der Waals surface area (Å²) in [6.45, 7) is 10.5. The summed E-state index contributed by atoms with van der Waals surface area (Å²) in [7, 11) is 1.69. The smallest absolute Gasteiger partial charge is 0.350 e. The van der Waals surface area contributed by atoms with Crippen molar-refractivity contribution in [1.29, 1.82) is 0 Å². The van der Waals surface area contributed by atoms with Gasteiger partial charge in [0.25, 0.3) is 0 Å². The number of aliphatic imine (C=N–C) groups is 1. The van der Waals surface area contributed by atoms with Gasteiger partial charge in [0.05, 0.1) is 18.3 Å². The predicted molar refractivity (Wildman–Crippen MR) is 115 cm³/mol. The maximum absolute atomic E-state index is 13.6. The number of aryl methyl sites for hydroxylation is 1. The van der Waals surface area contributed by atoms with Crippen molar-refractivity contribution in [1.82, 2.24) is 15.6 Å². The summed E-state index contributed by atoms with van der Waals surface area (Å²) in [5.74, 6) is 0.0102. The minimum absolute atomic E-state index is 0.148. The number of esters is 1. The summed E-state index contributed by atoms with van der Waals surface area (Å²) in [6, 6.07) is 6.48.